The SMILES string of the molecule is CN(C)[C@@H]1CCCN(C(=O)NC2CCN(c3ccccc3F)CC2)CC1. The zero-order chi connectivity index (χ0) is 18.5. The number of amides is 2. The van der Waals surface area contributed by atoms with E-state index in [-0.39, 0.29) is 17.9 Å². The van der Waals surface area contributed by atoms with Gasteiger partial charge in [0.15, 0.2) is 0 Å². The van der Waals surface area contributed by atoms with E-state index in [1.165, 1.54) is 6.07 Å². The van der Waals surface area contributed by atoms with Crippen molar-refractivity contribution < 1.29 is 9.18 Å². The molecule has 6 heteroatoms. The Kier molecular flexibility index (Phi) is 6.35. The quantitative estimate of drug-likeness (QED) is 0.899. The fraction of sp³-hybridized carbons (Fsp3) is 0.650. The highest BCUT2D eigenvalue weighted by Gasteiger charge is 2.26. The maximum absolute atomic E-state index is 13.9. The molecule has 2 fully saturated rings. The molecule has 0 spiro atoms. The summed E-state index contributed by atoms with van der Waals surface area (Å²) in [6.07, 6.45) is 4.95. The number of hydrogen-bond donors (Lipinski definition) is 1. The molecule has 0 aliphatic carbocycles. The highest BCUT2D eigenvalue weighted by atomic mass is 19.1. The zero-order valence-electron chi connectivity index (χ0n) is 16.0. The Morgan fingerprint density at radius 3 is 2.50 bits per heavy atom. The molecule has 2 aliphatic heterocycles. The van der Waals surface area contributed by atoms with Crippen molar-refractivity contribution in [1.29, 1.82) is 0 Å². The number of para-hydroxylation sites is 1. The van der Waals surface area contributed by atoms with Crippen LogP contribution in [0.15, 0.2) is 24.3 Å². The first-order chi connectivity index (χ1) is 12.5. The van der Waals surface area contributed by atoms with Crippen molar-refractivity contribution in [3.05, 3.63) is 30.1 Å². The Labute approximate surface area is 156 Å². The van der Waals surface area contributed by atoms with E-state index in [4.69, 9.17) is 0 Å². The van der Waals surface area contributed by atoms with E-state index in [9.17, 15) is 9.18 Å². The zero-order valence-corrected chi connectivity index (χ0v) is 16.0. The summed E-state index contributed by atoms with van der Waals surface area (Å²) in [4.78, 5) is 18.9. The molecule has 2 saturated heterocycles. The first-order valence-corrected chi connectivity index (χ1v) is 9.76. The predicted molar refractivity (Wildman–Crippen MR) is 103 cm³/mol. The maximum atomic E-state index is 13.9. The molecule has 2 aliphatic rings. The van der Waals surface area contributed by atoms with Gasteiger partial charge in [0.1, 0.15) is 5.82 Å². The summed E-state index contributed by atoms with van der Waals surface area (Å²) in [5.74, 6) is -0.171. The Morgan fingerprint density at radius 1 is 1.08 bits per heavy atom. The van der Waals surface area contributed by atoms with Crippen LogP contribution in [0.5, 0.6) is 0 Å². The molecule has 0 bridgehead atoms. The van der Waals surface area contributed by atoms with E-state index >= 15 is 0 Å². The van der Waals surface area contributed by atoms with E-state index in [1.807, 2.05) is 17.0 Å². The molecule has 0 radical (unpaired) electrons. The molecule has 0 saturated carbocycles. The summed E-state index contributed by atoms with van der Waals surface area (Å²) in [6, 6.07) is 7.72. The number of likely N-dealkylation sites (tertiary alicyclic amines) is 1. The largest absolute Gasteiger partial charge is 0.369 e. The first-order valence-electron chi connectivity index (χ1n) is 9.76. The summed E-state index contributed by atoms with van der Waals surface area (Å²) >= 11 is 0. The van der Waals surface area contributed by atoms with Gasteiger partial charge in [-0.15, -0.1) is 0 Å². The van der Waals surface area contributed by atoms with Gasteiger partial charge in [-0.25, -0.2) is 9.18 Å². The lowest BCUT2D eigenvalue weighted by Crippen LogP contribution is -2.49. The van der Waals surface area contributed by atoms with Crippen LogP contribution < -0.4 is 10.2 Å². The maximum Gasteiger partial charge on any atom is 0.317 e. The van der Waals surface area contributed by atoms with Gasteiger partial charge in [-0.1, -0.05) is 12.1 Å². The molecule has 2 heterocycles. The van der Waals surface area contributed by atoms with Gasteiger partial charge in [0.05, 0.1) is 5.69 Å². The Balaban J connectivity index is 1.47. The van der Waals surface area contributed by atoms with Gasteiger partial charge in [-0.05, 0) is 58.3 Å². The lowest BCUT2D eigenvalue weighted by atomic mass is 10.0. The van der Waals surface area contributed by atoms with Crippen LogP contribution in [0.3, 0.4) is 0 Å². The predicted octanol–water partition coefficient (Wildman–Crippen LogP) is 2.92. The minimum absolute atomic E-state index is 0.0637. The highest BCUT2D eigenvalue weighted by molar-refractivity contribution is 5.74. The van der Waals surface area contributed by atoms with Crippen molar-refractivity contribution in [3.8, 4) is 0 Å². The molecule has 0 aromatic heterocycles. The number of urea groups is 1. The molecule has 1 atom stereocenters. The third-order valence-corrected chi connectivity index (χ3v) is 5.73. The van der Waals surface area contributed by atoms with Crippen LogP contribution in [-0.4, -0.2) is 68.2 Å². The van der Waals surface area contributed by atoms with E-state index in [2.05, 4.69) is 29.2 Å². The number of benzene rings is 1. The van der Waals surface area contributed by atoms with Gasteiger partial charge in [-0.3, -0.25) is 0 Å². The van der Waals surface area contributed by atoms with Crippen molar-refractivity contribution in [3.63, 3.8) is 0 Å². The molecule has 26 heavy (non-hydrogen) atoms. The molecule has 1 aromatic rings. The fourth-order valence-electron chi connectivity index (χ4n) is 4.04. The van der Waals surface area contributed by atoms with Crippen LogP contribution in [0.2, 0.25) is 0 Å². The van der Waals surface area contributed by atoms with Gasteiger partial charge in [0.2, 0.25) is 0 Å². The Bertz CT molecular complexity index is 601. The topological polar surface area (TPSA) is 38.8 Å². The Hall–Kier alpha value is -1.82. The van der Waals surface area contributed by atoms with E-state index in [1.54, 1.807) is 6.07 Å². The number of halogens is 1. The summed E-state index contributed by atoms with van der Waals surface area (Å²) in [6.45, 7) is 3.20. The van der Waals surface area contributed by atoms with Gasteiger partial charge in [0, 0.05) is 38.3 Å². The van der Waals surface area contributed by atoms with Crippen molar-refractivity contribution >= 4 is 11.7 Å². The summed E-state index contributed by atoms with van der Waals surface area (Å²) in [5.41, 5.74) is 0.666. The van der Waals surface area contributed by atoms with Crippen LogP contribution in [0.4, 0.5) is 14.9 Å². The van der Waals surface area contributed by atoms with Crippen molar-refractivity contribution in [2.45, 2.75) is 44.2 Å². The van der Waals surface area contributed by atoms with Crippen molar-refractivity contribution in [1.82, 2.24) is 15.1 Å². The van der Waals surface area contributed by atoms with Crippen molar-refractivity contribution in [2.24, 2.45) is 0 Å². The average Bonchev–Trinajstić information content (AvgIpc) is 2.89. The first kappa shape index (κ1) is 19.0. The number of hydrogen-bond acceptors (Lipinski definition) is 3. The summed E-state index contributed by atoms with van der Waals surface area (Å²) in [5, 5.41) is 3.20. The monoisotopic (exact) mass is 362 g/mol. The fourth-order valence-corrected chi connectivity index (χ4v) is 4.04. The minimum atomic E-state index is -0.171. The molecular weight excluding hydrogens is 331 g/mol. The number of nitrogens with one attached hydrogen (secondary N) is 1. The van der Waals surface area contributed by atoms with Gasteiger partial charge >= 0.3 is 6.03 Å². The number of piperidine rings is 1. The second kappa shape index (κ2) is 8.71. The molecule has 144 valence electrons. The summed E-state index contributed by atoms with van der Waals surface area (Å²) < 4.78 is 13.9. The third-order valence-electron chi connectivity index (χ3n) is 5.73. The van der Waals surface area contributed by atoms with Gasteiger partial charge in [-0.2, -0.15) is 0 Å². The molecular formula is C20H31FN4O. The third kappa shape index (κ3) is 4.67. The van der Waals surface area contributed by atoms with Crippen molar-refractivity contribution in [2.75, 3.05) is 45.2 Å². The van der Waals surface area contributed by atoms with Crippen LogP contribution >= 0.6 is 0 Å². The van der Waals surface area contributed by atoms with Gasteiger partial charge < -0.3 is 20.0 Å². The van der Waals surface area contributed by atoms with Crippen LogP contribution in [0, 0.1) is 5.82 Å². The number of carbonyl (C=O) groups is 1. The lowest BCUT2D eigenvalue weighted by Gasteiger charge is -2.35. The highest BCUT2D eigenvalue weighted by Crippen LogP contribution is 2.23. The average molecular weight is 362 g/mol. The molecule has 0 unspecified atom stereocenters. The van der Waals surface area contributed by atoms with E-state index in [0.29, 0.717) is 11.7 Å². The molecule has 1 N–H and O–H groups in total. The normalized spacial score (nSPS) is 22.4. The molecule has 2 amide bonds. The standard InChI is InChI=1S/C20H31FN4O/c1-23(2)17-6-5-12-25(15-11-17)20(26)22-16-9-13-24(14-10-16)19-8-4-3-7-18(19)21/h3-4,7-8,16-17H,5-6,9-15H2,1-2H3,(H,22,26)/t17-/m1/s1. The number of rotatable bonds is 3. The van der Waals surface area contributed by atoms with Crippen LogP contribution in [0.25, 0.3) is 0 Å². The molecule has 1 aromatic carbocycles. The minimum Gasteiger partial charge on any atom is -0.369 e. The molecule has 5 nitrogen and oxygen atoms in total. The smallest absolute Gasteiger partial charge is 0.317 e. The van der Waals surface area contributed by atoms with Crippen LogP contribution in [0.1, 0.15) is 32.1 Å². The summed E-state index contributed by atoms with van der Waals surface area (Å²) in [7, 11) is 4.23. The van der Waals surface area contributed by atoms with Crippen LogP contribution in [-0.2, 0) is 0 Å². The van der Waals surface area contributed by atoms with E-state index in [0.717, 1.165) is 58.3 Å². The number of anilines is 1. The van der Waals surface area contributed by atoms with Gasteiger partial charge in [0.25, 0.3) is 0 Å². The second-order valence-electron chi connectivity index (χ2n) is 7.70. The molecule has 3 rings (SSSR count). The second-order valence-corrected chi connectivity index (χ2v) is 7.70. The number of carbonyl (C=O) groups excluding carboxylic acids is 1. The van der Waals surface area contributed by atoms with E-state index < -0.39 is 0 Å². The number of nitrogens with zero attached hydrogens (tertiary/aromatic N) is 3. The Morgan fingerprint density at radius 2 is 1.81 bits per heavy atom. The lowest BCUT2D eigenvalue weighted by molar-refractivity contribution is 0.191.